The number of phenolic OH excluding ortho intramolecular Hbond substituents is 1. The van der Waals surface area contributed by atoms with Crippen LogP contribution in [0.4, 0.5) is 0 Å². The molecule has 0 atom stereocenters. The van der Waals surface area contributed by atoms with Gasteiger partial charge in [0, 0.05) is 23.6 Å². The van der Waals surface area contributed by atoms with Gasteiger partial charge in [0.15, 0.2) is 0 Å². The highest BCUT2D eigenvalue weighted by atomic mass is 16.3. The summed E-state index contributed by atoms with van der Waals surface area (Å²) in [6, 6.07) is 4.95. The van der Waals surface area contributed by atoms with Gasteiger partial charge in [-0.05, 0) is 65.5 Å². The molecule has 1 amide bonds. The lowest BCUT2D eigenvalue weighted by Crippen LogP contribution is -2.43. The molecule has 0 aliphatic heterocycles. The van der Waals surface area contributed by atoms with E-state index in [0.717, 1.165) is 25.1 Å². The molecule has 0 unspecified atom stereocenters. The van der Waals surface area contributed by atoms with E-state index >= 15 is 0 Å². The first-order valence-corrected chi connectivity index (χ1v) is 8.07. The van der Waals surface area contributed by atoms with Crippen LogP contribution in [0.25, 0.3) is 5.69 Å². The highest BCUT2D eigenvalue weighted by Crippen LogP contribution is 2.22. The third-order valence-corrected chi connectivity index (χ3v) is 3.89. The molecule has 0 aliphatic rings. The lowest BCUT2D eigenvalue weighted by molar-refractivity contribution is 0.0904. The Bertz CT molecular complexity index is 678. The smallest absolute Gasteiger partial charge is 0.255 e. The van der Waals surface area contributed by atoms with Crippen molar-refractivity contribution in [1.82, 2.24) is 19.8 Å². The number of phenols is 1. The molecule has 2 aromatic rings. The summed E-state index contributed by atoms with van der Waals surface area (Å²) in [6.45, 7) is 4.97. The number of rotatable bonds is 7. The molecular formula is C18H26N4O2. The molecule has 2 N–H and O–H groups in total. The van der Waals surface area contributed by atoms with E-state index in [-0.39, 0.29) is 22.8 Å². The maximum Gasteiger partial charge on any atom is 0.255 e. The van der Waals surface area contributed by atoms with Gasteiger partial charge in [0.1, 0.15) is 5.75 Å². The second-order valence-electron chi connectivity index (χ2n) is 6.92. The lowest BCUT2D eigenvalue weighted by Gasteiger charge is -2.27. The minimum atomic E-state index is -0.343. The van der Waals surface area contributed by atoms with Gasteiger partial charge in [-0.2, -0.15) is 0 Å². The zero-order chi connectivity index (χ0) is 17.7. The molecule has 130 valence electrons. The van der Waals surface area contributed by atoms with Gasteiger partial charge in [-0.3, -0.25) is 4.79 Å². The SMILES string of the molecule is CN(C)CCCC(C)(C)NC(=O)c1cc(-n2ccnc2)ccc1O. The molecule has 1 aromatic carbocycles. The summed E-state index contributed by atoms with van der Waals surface area (Å²) in [7, 11) is 4.07. The summed E-state index contributed by atoms with van der Waals surface area (Å²) in [6.07, 6.45) is 6.96. The van der Waals surface area contributed by atoms with Crippen molar-refractivity contribution in [1.29, 1.82) is 0 Å². The van der Waals surface area contributed by atoms with Crippen molar-refractivity contribution >= 4 is 5.91 Å². The Morgan fingerprint density at radius 3 is 2.75 bits per heavy atom. The predicted molar refractivity (Wildman–Crippen MR) is 94.6 cm³/mol. The fourth-order valence-corrected chi connectivity index (χ4v) is 2.55. The molecule has 1 aromatic heterocycles. The minimum Gasteiger partial charge on any atom is -0.507 e. The van der Waals surface area contributed by atoms with Crippen LogP contribution in [-0.2, 0) is 0 Å². The Hall–Kier alpha value is -2.34. The fourth-order valence-electron chi connectivity index (χ4n) is 2.55. The molecule has 0 spiro atoms. The van der Waals surface area contributed by atoms with Crippen molar-refractivity contribution in [2.45, 2.75) is 32.2 Å². The van der Waals surface area contributed by atoms with Crippen molar-refractivity contribution in [2.24, 2.45) is 0 Å². The van der Waals surface area contributed by atoms with E-state index in [2.05, 4.69) is 15.2 Å². The molecule has 0 saturated heterocycles. The molecule has 0 bridgehead atoms. The highest BCUT2D eigenvalue weighted by molar-refractivity contribution is 5.97. The number of carbonyl (C=O) groups is 1. The number of hydrogen-bond acceptors (Lipinski definition) is 4. The number of nitrogens with one attached hydrogen (secondary N) is 1. The van der Waals surface area contributed by atoms with Crippen molar-refractivity contribution in [3.05, 3.63) is 42.5 Å². The number of benzene rings is 1. The second-order valence-corrected chi connectivity index (χ2v) is 6.92. The standard InChI is InChI=1S/C18H26N4O2/c1-18(2,8-5-10-21(3)4)20-17(24)15-12-14(6-7-16(15)23)22-11-9-19-13-22/h6-7,9,11-13,23H,5,8,10H2,1-4H3,(H,20,24). The third-order valence-electron chi connectivity index (χ3n) is 3.89. The number of aromatic hydroxyl groups is 1. The zero-order valence-corrected chi connectivity index (χ0v) is 14.8. The topological polar surface area (TPSA) is 70.4 Å². The highest BCUT2D eigenvalue weighted by Gasteiger charge is 2.22. The average molecular weight is 330 g/mol. The van der Waals surface area contributed by atoms with Gasteiger partial charge in [0.2, 0.25) is 0 Å². The Morgan fingerprint density at radius 2 is 2.12 bits per heavy atom. The summed E-state index contributed by atoms with van der Waals surface area (Å²) in [5.41, 5.74) is 0.701. The van der Waals surface area contributed by atoms with Crippen LogP contribution in [-0.4, -0.2) is 51.6 Å². The van der Waals surface area contributed by atoms with Gasteiger partial charge >= 0.3 is 0 Å². The number of hydrogen-bond donors (Lipinski definition) is 2. The summed E-state index contributed by atoms with van der Waals surface area (Å²) in [5.74, 6) is -0.301. The summed E-state index contributed by atoms with van der Waals surface area (Å²) >= 11 is 0. The zero-order valence-electron chi connectivity index (χ0n) is 14.8. The van der Waals surface area contributed by atoms with Gasteiger partial charge in [-0.25, -0.2) is 4.98 Å². The van der Waals surface area contributed by atoms with E-state index in [1.165, 1.54) is 6.07 Å². The van der Waals surface area contributed by atoms with E-state index in [1.807, 2.05) is 27.9 Å². The molecule has 1 heterocycles. The Balaban J connectivity index is 2.10. The quantitative estimate of drug-likeness (QED) is 0.818. The normalized spacial score (nSPS) is 11.7. The maximum absolute atomic E-state index is 12.6. The largest absolute Gasteiger partial charge is 0.507 e. The van der Waals surface area contributed by atoms with Crippen LogP contribution in [0, 0.1) is 0 Å². The molecule has 24 heavy (non-hydrogen) atoms. The van der Waals surface area contributed by atoms with E-state index in [9.17, 15) is 9.90 Å². The van der Waals surface area contributed by atoms with Gasteiger partial charge in [-0.1, -0.05) is 0 Å². The number of amides is 1. The van der Waals surface area contributed by atoms with Gasteiger partial charge in [-0.15, -0.1) is 0 Å². The van der Waals surface area contributed by atoms with E-state index < -0.39 is 0 Å². The molecule has 6 nitrogen and oxygen atoms in total. The van der Waals surface area contributed by atoms with Crippen molar-refractivity contribution in [2.75, 3.05) is 20.6 Å². The minimum absolute atomic E-state index is 0.0274. The summed E-state index contributed by atoms with van der Waals surface area (Å²) in [4.78, 5) is 18.7. The van der Waals surface area contributed by atoms with E-state index in [4.69, 9.17) is 0 Å². The van der Waals surface area contributed by atoms with Crippen LogP contribution in [0.1, 0.15) is 37.0 Å². The van der Waals surface area contributed by atoms with Gasteiger partial charge in [0.05, 0.1) is 11.9 Å². The Labute approximate surface area is 143 Å². The molecule has 6 heteroatoms. The number of nitrogens with zero attached hydrogens (tertiary/aromatic N) is 3. The molecular weight excluding hydrogens is 304 g/mol. The van der Waals surface area contributed by atoms with Crippen LogP contribution in [0.15, 0.2) is 36.9 Å². The van der Waals surface area contributed by atoms with Crippen molar-refractivity contribution in [3.8, 4) is 11.4 Å². The Kier molecular flexibility index (Phi) is 5.62. The maximum atomic E-state index is 12.6. The van der Waals surface area contributed by atoms with Crippen molar-refractivity contribution < 1.29 is 9.90 Å². The van der Waals surface area contributed by atoms with Crippen LogP contribution in [0.2, 0.25) is 0 Å². The molecule has 0 aliphatic carbocycles. The number of imidazole rings is 1. The molecule has 2 rings (SSSR count). The average Bonchev–Trinajstić information content (AvgIpc) is 3.00. The van der Waals surface area contributed by atoms with E-state index in [0.29, 0.717) is 0 Å². The number of carbonyl (C=O) groups excluding carboxylic acids is 1. The summed E-state index contributed by atoms with van der Waals surface area (Å²) < 4.78 is 1.79. The second kappa shape index (κ2) is 7.49. The lowest BCUT2D eigenvalue weighted by atomic mass is 9.97. The monoisotopic (exact) mass is 330 g/mol. The van der Waals surface area contributed by atoms with Crippen LogP contribution >= 0.6 is 0 Å². The van der Waals surface area contributed by atoms with Crippen LogP contribution in [0.5, 0.6) is 5.75 Å². The molecule has 0 radical (unpaired) electrons. The van der Waals surface area contributed by atoms with Gasteiger partial charge < -0.3 is 19.9 Å². The first kappa shape index (κ1) is 18.0. The van der Waals surface area contributed by atoms with E-state index in [1.54, 1.807) is 35.4 Å². The number of aromatic nitrogens is 2. The van der Waals surface area contributed by atoms with Crippen molar-refractivity contribution in [3.63, 3.8) is 0 Å². The third kappa shape index (κ3) is 4.83. The predicted octanol–water partition coefficient (Wildman–Crippen LogP) is 2.43. The van der Waals surface area contributed by atoms with Crippen LogP contribution in [0.3, 0.4) is 0 Å². The Morgan fingerprint density at radius 1 is 1.38 bits per heavy atom. The fraction of sp³-hybridized carbons (Fsp3) is 0.444. The first-order chi connectivity index (χ1) is 11.3. The van der Waals surface area contributed by atoms with Gasteiger partial charge in [0.25, 0.3) is 5.91 Å². The first-order valence-electron chi connectivity index (χ1n) is 8.07. The molecule has 0 fully saturated rings. The molecule has 0 saturated carbocycles. The van der Waals surface area contributed by atoms with Crippen LogP contribution < -0.4 is 5.32 Å². The summed E-state index contributed by atoms with van der Waals surface area (Å²) in [5, 5.41) is 13.1.